The standard InChI is InChI=1S/C30H24F2N4O3/c31-20-11-17(12-21(32)15-20)13-26(35-27(37)16-24-23-7-1-2-9-25(23)36-30(24)39)28-22(8-4-10-34-28)18-5-3-6-19(14-18)29(33)38/h1-12,14-15,24,26H,13,16H2,(H2,33,38)(H,35,37)(H,36,39)/t24?,26-/m0/s1. The predicted molar refractivity (Wildman–Crippen MR) is 142 cm³/mol. The number of rotatable bonds is 8. The van der Waals surface area contributed by atoms with E-state index in [1.807, 2.05) is 0 Å². The molecule has 196 valence electrons. The molecule has 1 aliphatic heterocycles. The van der Waals surface area contributed by atoms with Gasteiger partial charge in [0.05, 0.1) is 17.7 Å². The number of carbonyl (C=O) groups excluding carboxylic acids is 3. The lowest BCUT2D eigenvalue weighted by molar-refractivity contribution is -0.125. The van der Waals surface area contributed by atoms with E-state index in [-0.39, 0.29) is 18.7 Å². The molecule has 0 radical (unpaired) electrons. The summed E-state index contributed by atoms with van der Waals surface area (Å²) in [5.41, 5.74) is 9.11. The van der Waals surface area contributed by atoms with E-state index in [2.05, 4.69) is 15.6 Å². The molecule has 0 bridgehead atoms. The first-order chi connectivity index (χ1) is 18.8. The first kappa shape index (κ1) is 25.7. The summed E-state index contributed by atoms with van der Waals surface area (Å²) in [6, 6.07) is 19.6. The second kappa shape index (κ2) is 10.8. The lowest BCUT2D eigenvalue weighted by Crippen LogP contribution is -2.33. The number of pyridine rings is 1. The van der Waals surface area contributed by atoms with Crippen molar-refractivity contribution in [2.24, 2.45) is 5.73 Å². The molecule has 4 aromatic rings. The molecule has 7 nitrogen and oxygen atoms in total. The van der Waals surface area contributed by atoms with Crippen LogP contribution in [0.2, 0.25) is 0 Å². The number of nitrogens with two attached hydrogens (primary N) is 1. The number of aromatic nitrogens is 1. The third kappa shape index (κ3) is 5.67. The molecule has 2 heterocycles. The predicted octanol–water partition coefficient (Wildman–Crippen LogP) is 4.65. The number of para-hydroxylation sites is 1. The minimum atomic E-state index is -0.813. The molecule has 0 saturated heterocycles. The Hall–Kier alpha value is -4.92. The molecule has 0 fully saturated rings. The van der Waals surface area contributed by atoms with Crippen LogP contribution in [0.15, 0.2) is 85.1 Å². The van der Waals surface area contributed by atoms with Gasteiger partial charge in [-0.2, -0.15) is 0 Å². The zero-order chi connectivity index (χ0) is 27.5. The van der Waals surface area contributed by atoms with Crippen LogP contribution in [0.1, 0.15) is 45.6 Å². The third-order valence-corrected chi connectivity index (χ3v) is 6.62. The Morgan fingerprint density at radius 2 is 1.74 bits per heavy atom. The molecule has 2 atom stereocenters. The SMILES string of the molecule is NC(=O)c1cccc(-c2cccnc2[C@H](Cc2cc(F)cc(F)c2)NC(=O)CC2C(=O)Nc3ccccc32)c1. The van der Waals surface area contributed by atoms with Crippen LogP contribution >= 0.6 is 0 Å². The zero-order valence-electron chi connectivity index (χ0n) is 20.7. The summed E-state index contributed by atoms with van der Waals surface area (Å²) >= 11 is 0. The number of halogens is 2. The van der Waals surface area contributed by atoms with Crippen LogP contribution in [0, 0.1) is 11.6 Å². The van der Waals surface area contributed by atoms with E-state index in [0.717, 1.165) is 11.6 Å². The number of anilines is 1. The normalized spacial score (nSPS) is 14.8. The highest BCUT2D eigenvalue weighted by atomic mass is 19.1. The van der Waals surface area contributed by atoms with Gasteiger partial charge in [-0.05, 0) is 59.5 Å². The van der Waals surface area contributed by atoms with Crippen molar-refractivity contribution >= 4 is 23.4 Å². The van der Waals surface area contributed by atoms with E-state index in [0.29, 0.717) is 33.6 Å². The number of nitrogens with one attached hydrogen (secondary N) is 2. The van der Waals surface area contributed by atoms with Gasteiger partial charge in [0.2, 0.25) is 17.7 Å². The molecular formula is C30H24F2N4O3. The van der Waals surface area contributed by atoms with Crippen molar-refractivity contribution in [3.63, 3.8) is 0 Å². The topological polar surface area (TPSA) is 114 Å². The van der Waals surface area contributed by atoms with Crippen LogP contribution in [-0.4, -0.2) is 22.7 Å². The number of hydrogen-bond donors (Lipinski definition) is 3. The molecule has 0 saturated carbocycles. The van der Waals surface area contributed by atoms with E-state index in [1.165, 1.54) is 12.1 Å². The third-order valence-electron chi connectivity index (χ3n) is 6.62. The van der Waals surface area contributed by atoms with Gasteiger partial charge in [0.15, 0.2) is 0 Å². The van der Waals surface area contributed by atoms with Crippen molar-refractivity contribution in [3.05, 3.63) is 119 Å². The fraction of sp³-hybridized carbons (Fsp3) is 0.133. The summed E-state index contributed by atoms with van der Waals surface area (Å²) in [5, 5.41) is 5.71. The molecule has 0 aliphatic carbocycles. The van der Waals surface area contributed by atoms with Gasteiger partial charge in [-0.3, -0.25) is 19.4 Å². The molecule has 1 aliphatic rings. The van der Waals surface area contributed by atoms with Crippen molar-refractivity contribution in [2.75, 3.05) is 5.32 Å². The molecular weight excluding hydrogens is 502 g/mol. The Morgan fingerprint density at radius 3 is 2.51 bits per heavy atom. The fourth-order valence-electron chi connectivity index (χ4n) is 4.88. The van der Waals surface area contributed by atoms with Crippen LogP contribution in [0.25, 0.3) is 11.1 Å². The smallest absolute Gasteiger partial charge is 0.248 e. The molecule has 1 aromatic heterocycles. The number of nitrogens with zero attached hydrogens (tertiary/aromatic N) is 1. The maximum Gasteiger partial charge on any atom is 0.248 e. The van der Waals surface area contributed by atoms with E-state index in [4.69, 9.17) is 5.73 Å². The Kier molecular flexibility index (Phi) is 7.14. The highest BCUT2D eigenvalue weighted by Crippen LogP contribution is 2.35. The lowest BCUT2D eigenvalue weighted by Gasteiger charge is -2.22. The Balaban J connectivity index is 1.50. The van der Waals surface area contributed by atoms with Crippen LogP contribution in [0.3, 0.4) is 0 Å². The summed E-state index contributed by atoms with van der Waals surface area (Å²) < 4.78 is 28.1. The van der Waals surface area contributed by atoms with E-state index >= 15 is 0 Å². The second-order valence-corrected chi connectivity index (χ2v) is 9.32. The Labute approximate surface area is 223 Å². The number of primary amides is 1. The molecule has 4 N–H and O–H groups in total. The van der Waals surface area contributed by atoms with Crippen LogP contribution in [0.4, 0.5) is 14.5 Å². The number of amides is 3. The van der Waals surface area contributed by atoms with Crippen molar-refractivity contribution in [2.45, 2.75) is 24.8 Å². The first-order valence-electron chi connectivity index (χ1n) is 12.3. The second-order valence-electron chi connectivity index (χ2n) is 9.32. The summed E-state index contributed by atoms with van der Waals surface area (Å²) in [4.78, 5) is 42.2. The maximum absolute atomic E-state index is 14.0. The summed E-state index contributed by atoms with van der Waals surface area (Å²) in [5.74, 6) is -3.48. The Morgan fingerprint density at radius 1 is 0.974 bits per heavy atom. The average molecular weight is 527 g/mol. The van der Waals surface area contributed by atoms with E-state index in [1.54, 1.807) is 66.9 Å². The number of fused-ring (bicyclic) bond motifs is 1. The van der Waals surface area contributed by atoms with Crippen molar-refractivity contribution < 1.29 is 23.2 Å². The minimum absolute atomic E-state index is 0.0212. The number of benzene rings is 3. The maximum atomic E-state index is 14.0. The van der Waals surface area contributed by atoms with Gasteiger partial charge >= 0.3 is 0 Å². The van der Waals surface area contributed by atoms with E-state index in [9.17, 15) is 23.2 Å². The summed E-state index contributed by atoms with van der Waals surface area (Å²) in [7, 11) is 0. The largest absolute Gasteiger partial charge is 0.366 e. The first-order valence-corrected chi connectivity index (χ1v) is 12.3. The average Bonchev–Trinajstić information content (AvgIpc) is 3.22. The van der Waals surface area contributed by atoms with Gasteiger partial charge in [-0.1, -0.05) is 36.4 Å². The van der Waals surface area contributed by atoms with Crippen LogP contribution in [-0.2, 0) is 16.0 Å². The highest BCUT2D eigenvalue weighted by molar-refractivity contribution is 6.05. The zero-order valence-corrected chi connectivity index (χ0v) is 20.7. The van der Waals surface area contributed by atoms with E-state index < -0.39 is 35.4 Å². The van der Waals surface area contributed by atoms with Crippen molar-refractivity contribution in [3.8, 4) is 11.1 Å². The lowest BCUT2D eigenvalue weighted by atomic mass is 9.93. The van der Waals surface area contributed by atoms with Gasteiger partial charge in [0.25, 0.3) is 0 Å². The highest BCUT2D eigenvalue weighted by Gasteiger charge is 2.33. The number of carbonyl (C=O) groups is 3. The molecule has 1 unspecified atom stereocenters. The van der Waals surface area contributed by atoms with Crippen molar-refractivity contribution in [1.82, 2.24) is 10.3 Å². The Bertz CT molecular complexity index is 1570. The number of hydrogen-bond acceptors (Lipinski definition) is 4. The quantitative estimate of drug-likeness (QED) is 0.310. The molecule has 39 heavy (non-hydrogen) atoms. The van der Waals surface area contributed by atoms with Crippen LogP contribution in [0.5, 0.6) is 0 Å². The van der Waals surface area contributed by atoms with Gasteiger partial charge in [0, 0.05) is 35.5 Å². The van der Waals surface area contributed by atoms with Crippen molar-refractivity contribution in [1.29, 1.82) is 0 Å². The van der Waals surface area contributed by atoms with Gasteiger partial charge in [-0.15, -0.1) is 0 Å². The van der Waals surface area contributed by atoms with Gasteiger partial charge < -0.3 is 16.4 Å². The van der Waals surface area contributed by atoms with Gasteiger partial charge in [0.1, 0.15) is 11.6 Å². The van der Waals surface area contributed by atoms with Gasteiger partial charge in [-0.25, -0.2) is 8.78 Å². The summed E-state index contributed by atoms with van der Waals surface area (Å²) in [6.07, 6.45) is 1.44. The molecule has 3 amide bonds. The fourth-order valence-corrected chi connectivity index (χ4v) is 4.88. The minimum Gasteiger partial charge on any atom is -0.366 e. The molecule has 5 rings (SSSR count). The molecule has 0 spiro atoms. The van der Waals surface area contributed by atoms with Crippen LogP contribution < -0.4 is 16.4 Å². The summed E-state index contributed by atoms with van der Waals surface area (Å²) in [6.45, 7) is 0. The monoisotopic (exact) mass is 526 g/mol. The molecule has 9 heteroatoms. The molecule has 3 aromatic carbocycles.